The molecule has 4 heteroatoms. The molecule has 54 valence electrons. The van der Waals surface area contributed by atoms with Gasteiger partial charge in [-0.1, -0.05) is 11.9 Å². The van der Waals surface area contributed by atoms with Crippen LogP contribution in [-0.2, 0) is 0 Å². The topological polar surface area (TPSA) is 24.4 Å². The zero-order valence-electron chi connectivity index (χ0n) is 5.92. The quantitative estimate of drug-likeness (QED) is 0.504. The van der Waals surface area contributed by atoms with Gasteiger partial charge in [-0.3, -0.25) is 4.72 Å². The minimum Gasteiger partial charge on any atom is -0.256 e. The SMILES string of the molecule is CS/N=C\C(C)NSC. The van der Waals surface area contributed by atoms with Crippen LogP contribution in [-0.4, -0.2) is 24.8 Å². The van der Waals surface area contributed by atoms with E-state index in [-0.39, 0.29) is 0 Å². The van der Waals surface area contributed by atoms with Crippen LogP contribution in [0.2, 0.25) is 0 Å². The summed E-state index contributed by atoms with van der Waals surface area (Å²) in [5.41, 5.74) is 0. The smallest absolute Gasteiger partial charge is 0.0502 e. The van der Waals surface area contributed by atoms with Crippen LogP contribution >= 0.6 is 23.9 Å². The zero-order valence-corrected chi connectivity index (χ0v) is 7.55. The van der Waals surface area contributed by atoms with Crippen LogP contribution in [0.25, 0.3) is 0 Å². The Morgan fingerprint density at radius 3 is 2.67 bits per heavy atom. The van der Waals surface area contributed by atoms with Crippen LogP contribution in [0.3, 0.4) is 0 Å². The van der Waals surface area contributed by atoms with Crippen molar-refractivity contribution < 1.29 is 0 Å². The van der Waals surface area contributed by atoms with Gasteiger partial charge in [0.25, 0.3) is 0 Å². The molecule has 0 rings (SSSR count). The van der Waals surface area contributed by atoms with Gasteiger partial charge in [0, 0.05) is 12.5 Å². The second-order valence-electron chi connectivity index (χ2n) is 1.55. The molecule has 1 N–H and O–H groups in total. The maximum atomic E-state index is 4.01. The molecule has 0 saturated carbocycles. The summed E-state index contributed by atoms with van der Waals surface area (Å²) in [5.74, 6) is 0. The Hall–Kier alpha value is 0.330. The van der Waals surface area contributed by atoms with Gasteiger partial charge in [-0.2, -0.15) is 0 Å². The standard InChI is InChI=1S/C5H12N2S2/c1-5(7-9-3)4-6-8-2/h4-5,7H,1-3H3/b6-4-. The van der Waals surface area contributed by atoms with Crippen LogP contribution in [0.1, 0.15) is 6.92 Å². The van der Waals surface area contributed by atoms with Gasteiger partial charge in [-0.25, -0.2) is 4.40 Å². The molecule has 0 bridgehead atoms. The van der Waals surface area contributed by atoms with Gasteiger partial charge in [0.05, 0.1) is 6.04 Å². The van der Waals surface area contributed by atoms with Gasteiger partial charge in [0.1, 0.15) is 0 Å². The van der Waals surface area contributed by atoms with E-state index in [0.29, 0.717) is 6.04 Å². The molecule has 0 heterocycles. The van der Waals surface area contributed by atoms with Crippen molar-refractivity contribution in [2.75, 3.05) is 12.5 Å². The lowest BCUT2D eigenvalue weighted by Gasteiger charge is -2.02. The molecule has 0 aromatic heterocycles. The van der Waals surface area contributed by atoms with Gasteiger partial charge in [-0.15, -0.1) is 0 Å². The van der Waals surface area contributed by atoms with Crippen molar-refractivity contribution in [2.45, 2.75) is 13.0 Å². The highest BCUT2D eigenvalue weighted by Gasteiger charge is 1.91. The molecule has 2 nitrogen and oxygen atoms in total. The van der Waals surface area contributed by atoms with Crippen molar-refractivity contribution in [1.82, 2.24) is 4.72 Å². The number of nitrogens with one attached hydrogen (secondary N) is 1. The maximum absolute atomic E-state index is 4.01. The summed E-state index contributed by atoms with van der Waals surface area (Å²) >= 11 is 3.09. The van der Waals surface area contributed by atoms with E-state index in [0.717, 1.165) is 0 Å². The van der Waals surface area contributed by atoms with Crippen LogP contribution in [0.5, 0.6) is 0 Å². The Bertz CT molecular complexity index is 85.0. The van der Waals surface area contributed by atoms with Crippen molar-refractivity contribution in [3.05, 3.63) is 0 Å². The first kappa shape index (κ1) is 9.33. The summed E-state index contributed by atoms with van der Waals surface area (Å²) in [4.78, 5) is 0. The molecular formula is C5H12N2S2. The maximum Gasteiger partial charge on any atom is 0.0502 e. The first-order chi connectivity index (χ1) is 4.31. The summed E-state index contributed by atoms with van der Waals surface area (Å²) in [6.07, 6.45) is 5.84. The molecule has 0 aliphatic rings. The largest absolute Gasteiger partial charge is 0.256 e. The van der Waals surface area contributed by atoms with Crippen molar-refractivity contribution >= 4 is 30.1 Å². The molecule has 1 unspecified atom stereocenters. The monoisotopic (exact) mass is 164 g/mol. The number of hydrogen-bond acceptors (Lipinski definition) is 4. The molecule has 0 aliphatic carbocycles. The fourth-order valence-electron chi connectivity index (χ4n) is 0.368. The Balaban J connectivity index is 3.25. The lowest BCUT2D eigenvalue weighted by Crippen LogP contribution is -2.19. The minimum atomic E-state index is 0.368. The highest BCUT2D eigenvalue weighted by molar-refractivity contribution is 7.97. The number of rotatable bonds is 4. The first-order valence-corrected chi connectivity index (χ1v) is 5.07. The first-order valence-electron chi connectivity index (χ1n) is 2.66. The Morgan fingerprint density at radius 1 is 1.56 bits per heavy atom. The van der Waals surface area contributed by atoms with Gasteiger partial charge in [0.2, 0.25) is 0 Å². The van der Waals surface area contributed by atoms with Crippen molar-refractivity contribution in [1.29, 1.82) is 0 Å². The van der Waals surface area contributed by atoms with E-state index in [1.807, 2.05) is 18.7 Å². The summed E-state index contributed by atoms with van der Waals surface area (Å²) in [7, 11) is 0. The van der Waals surface area contributed by atoms with Crippen molar-refractivity contribution in [2.24, 2.45) is 4.40 Å². The molecule has 0 saturated heterocycles. The van der Waals surface area contributed by atoms with E-state index in [4.69, 9.17) is 0 Å². The molecular weight excluding hydrogens is 152 g/mol. The molecule has 0 fully saturated rings. The predicted molar refractivity (Wildman–Crippen MR) is 48.1 cm³/mol. The molecule has 0 spiro atoms. The predicted octanol–water partition coefficient (Wildman–Crippen LogP) is 1.59. The van der Waals surface area contributed by atoms with Gasteiger partial charge in [-0.05, 0) is 25.1 Å². The summed E-state index contributed by atoms with van der Waals surface area (Å²) in [6, 6.07) is 0.368. The third-order valence-electron chi connectivity index (χ3n) is 0.694. The fourth-order valence-corrected chi connectivity index (χ4v) is 1.11. The van der Waals surface area contributed by atoms with Gasteiger partial charge >= 0.3 is 0 Å². The van der Waals surface area contributed by atoms with E-state index in [2.05, 4.69) is 16.0 Å². The van der Waals surface area contributed by atoms with E-state index >= 15 is 0 Å². The highest BCUT2D eigenvalue weighted by atomic mass is 32.2. The summed E-state index contributed by atoms with van der Waals surface area (Å²) in [5, 5.41) is 0. The molecule has 1 atom stereocenters. The average molecular weight is 164 g/mol. The van der Waals surface area contributed by atoms with E-state index in [1.54, 1.807) is 11.9 Å². The van der Waals surface area contributed by atoms with Crippen LogP contribution in [0.4, 0.5) is 0 Å². The molecule has 9 heavy (non-hydrogen) atoms. The van der Waals surface area contributed by atoms with E-state index < -0.39 is 0 Å². The highest BCUT2D eigenvalue weighted by Crippen LogP contribution is 1.93. The molecule has 0 radical (unpaired) electrons. The molecule has 0 aliphatic heterocycles. The lowest BCUT2D eigenvalue weighted by molar-refractivity contribution is 0.918. The molecule has 0 amide bonds. The Morgan fingerprint density at radius 2 is 2.22 bits per heavy atom. The van der Waals surface area contributed by atoms with E-state index in [9.17, 15) is 0 Å². The van der Waals surface area contributed by atoms with Crippen LogP contribution in [0.15, 0.2) is 4.40 Å². The van der Waals surface area contributed by atoms with Crippen molar-refractivity contribution in [3.63, 3.8) is 0 Å². The van der Waals surface area contributed by atoms with Crippen molar-refractivity contribution in [3.8, 4) is 0 Å². The molecule has 0 aromatic carbocycles. The number of nitrogens with zero attached hydrogens (tertiary/aromatic N) is 1. The van der Waals surface area contributed by atoms with E-state index in [1.165, 1.54) is 11.9 Å². The minimum absolute atomic E-state index is 0.368. The summed E-state index contributed by atoms with van der Waals surface area (Å²) in [6.45, 7) is 2.07. The normalized spacial score (nSPS) is 14.6. The average Bonchev–Trinajstić information content (AvgIpc) is 1.85. The Labute approximate surface area is 65.2 Å². The van der Waals surface area contributed by atoms with Crippen LogP contribution < -0.4 is 4.72 Å². The van der Waals surface area contributed by atoms with Gasteiger partial charge in [0.15, 0.2) is 0 Å². The second-order valence-corrected chi connectivity index (χ2v) is 2.77. The number of hydrogen-bond donors (Lipinski definition) is 1. The molecule has 0 aromatic rings. The zero-order chi connectivity index (χ0) is 7.11. The van der Waals surface area contributed by atoms with Gasteiger partial charge < -0.3 is 0 Å². The fraction of sp³-hybridized carbons (Fsp3) is 0.800. The third-order valence-corrected chi connectivity index (χ3v) is 1.63. The third kappa shape index (κ3) is 6.21. The lowest BCUT2D eigenvalue weighted by atomic mass is 10.4. The Kier molecular flexibility index (Phi) is 6.69. The summed E-state index contributed by atoms with van der Waals surface area (Å²) < 4.78 is 7.14. The van der Waals surface area contributed by atoms with Crippen LogP contribution in [0, 0.1) is 0 Å². The second kappa shape index (κ2) is 6.45.